The van der Waals surface area contributed by atoms with E-state index in [1.807, 2.05) is 32.0 Å². The number of anilines is 1. The van der Waals surface area contributed by atoms with E-state index in [-0.39, 0.29) is 5.92 Å². The van der Waals surface area contributed by atoms with Crippen molar-refractivity contribution in [1.29, 1.82) is 0 Å². The Kier molecular flexibility index (Phi) is 6.40. The first-order chi connectivity index (χ1) is 15.7. The summed E-state index contributed by atoms with van der Waals surface area (Å²) in [6.45, 7) is 7.41. The van der Waals surface area contributed by atoms with E-state index < -0.39 is 11.5 Å². The van der Waals surface area contributed by atoms with Crippen LogP contribution in [-0.2, 0) is 12.8 Å². The molecule has 1 heterocycles. The van der Waals surface area contributed by atoms with Crippen LogP contribution in [0.1, 0.15) is 41.9 Å². The number of aromatic nitrogens is 1. The van der Waals surface area contributed by atoms with Crippen LogP contribution in [0, 0.1) is 5.92 Å². The fraction of sp³-hybridized carbons (Fsp3) is 0.320. The minimum atomic E-state index is -0.798. The summed E-state index contributed by atoms with van der Waals surface area (Å²) in [6, 6.07) is 7.42. The summed E-state index contributed by atoms with van der Waals surface area (Å²) in [5.74, 6) is 0.199. The van der Waals surface area contributed by atoms with Crippen molar-refractivity contribution in [3.63, 3.8) is 0 Å². The second-order valence-corrected chi connectivity index (χ2v) is 10.0. The van der Waals surface area contributed by atoms with Gasteiger partial charge in [-0.1, -0.05) is 30.3 Å². The second kappa shape index (κ2) is 8.97. The molecule has 0 fully saturated rings. The van der Waals surface area contributed by atoms with Crippen molar-refractivity contribution in [2.75, 3.05) is 11.8 Å². The number of fused-ring (bicyclic) bond motifs is 3. The molecule has 1 unspecified atom stereocenters. The monoisotopic (exact) mass is 485 g/mol. The number of H-pyrrole nitrogens is 1. The summed E-state index contributed by atoms with van der Waals surface area (Å²) in [5, 5.41) is 13.6. The number of ether oxygens (including phenoxy) is 1. The van der Waals surface area contributed by atoms with Crippen LogP contribution in [0.15, 0.2) is 36.3 Å². The molecule has 33 heavy (non-hydrogen) atoms. The number of methoxy groups -OCH3 is 1. The Morgan fingerprint density at radius 2 is 2.21 bits per heavy atom. The third-order valence-corrected chi connectivity index (χ3v) is 7.22. The molecule has 0 spiro atoms. The zero-order valence-corrected chi connectivity index (χ0v) is 20.5. The molecule has 0 aliphatic heterocycles. The first-order valence-electron chi connectivity index (χ1n) is 10.7. The lowest BCUT2D eigenvalue weighted by Crippen LogP contribution is -2.34. The molecule has 0 bridgehead atoms. The standard InChI is InChI=1S/C25H28ClN3O3S/c1-5-33-29-18-8-6-7-15(23(18)32-4)20-17(26)12-16(24(27)30)22-21(20)14-10-9-13(25(2,3)31)11-19(14)28-22/h5-8,12-13,28-29,31H,1,9-11H2,2-4H3,(H2,27,30). The maximum Gasteiger partial charge on any atom is 0.250 e. The van der Waals surface area contributed by atoms with E-state index in [1.54, 1.807) is 18.6 Å². The number of rotatable bonds is 7. The number of benzene rings is 2. The van der Waals surface area contributed by atoms with E-state index in [0.29, 0.717) is 28.3 Å². The van der Waals surface area contributed by atoms with E-state index in [0.717, 1.165) is 46.3 Å². The lowest BCUT2D eigenvalue weighted by atomic mass is 9.77. The molecule has 1 aliphatic carbocycles. The zero-order chi connectivity index (χ0) is 23.9. The Labute approximate surface area is 202 Å². The van der Waals surface area contributed by atoms with Crippen molar-refractivity contribution < 1.29 is 14.6 Å². The maximum absolute atomic E-state index is 12.3. The molecule has 3 aromatic rings. The summed E-state index contributed by atoms with van der Waals surface area (Å²) < 4.78 is 9.01. The molecule has 4 rings (SSSR count). The van der Waals surface area contributed by atoms with E-state index >= 15 is 0 Å². The smallest absolute Gasteiger partial charge is 0.250 e. The molecule has 1 aromatic heterocycles. The average molecular weight is 486 g/mol. The molecule has 0 saturated heterocycles. The number of amides is 1. The van der Waals surface area contributed by atoms with E-state index in [1.165, 1.54) is 11.9 Å². The van der Waals surface area contributed by atoms with Crippen LogP contribution >= 0.6 is 23.5 Å². The van der Waals surface area contributed by atoms with Crippen molar-refractivity contribution >= 4 is 46.0 Å². The van der Waals surface area contributed by atoms with Gasteiger partial charge in [0.15, 0.2) is 5.75 Å². The van der Waals surface area contributed by atoms with Crippen LogP contribution in [0.4, 0.5) is 5.69 Å². The van der Waals surface area contributed by atoms with Gasteiger partial charge in [0, 0.05) is 22.2 Å². The molecule has 0 saturated carbocycles. The minimum absolute atomic E-state index is 0.104. The van der Waals surface area contributed by atoms with Crippen molar-refractivity contribution in [1.82, 2.24) is 4.98 Å². The first-order valence-corrected chi connectivity index (χ1v) is 12.0. The number of carbonyl (C=O) groups is 1. The van der Waals surface area contributed by atoms with Gasteiger partial charge in [0.2, 0.25) is 0 Å². The predicted molar refractivity (Wildman–Crippen MR) is 137 cm³/mol. The van der Waals surface area contributed by atoms with E-state index in [4.69, 9.17) is 22.1 Å². The summed E-state index contributed by atoms with van der Waals surface area (Å²) >= 11 is 8.16. The number of primary amides is 1. The third kappa shape index (κ3) is 4.21. The molecular weight excluding hydrogens is 458 g/mol. The number of nitrogens with one attached hydrogen (secondary N) is 2. The summed E-state index contributed by atoms with van der Waals surface area (Å²) in [4.78, 5) is 15.8. The van der Waals surface area contributed by atoms with Crippen LogP contribution in [0.2, 0.25) is 5.02 Å². The minimum Gasteiger partial charge on any atom is -0.494 e. The predicted octanol–water partition coefficient (Wildman–Crippen LogP) is 5.68. The number of aromatic amines is 1. The molecule has 5 N–H and O–H groups in total. The van der Waals surface area contributed by atoms with Crippen LogP contribution < -0.4 is 15.2 Å². The van der Waals surface area contributed by atoms with Gasteiger partial charge in [-0.05, 0) is 74.1 Å². The van der Waals surface area contributed by atoms with Gasteiger partial charge < -0.3 is 25.3 Å². The molecule has 1 atom stereocenters. The molecule has 8 heteroatoms. The molecule has 0 radical (unpaired) electrons. The van der Waals surface area contributed by atoms with Gasteiger partial charge in [-0.15, -0.1) is 0 Å². The number of hydrogen-bond acceptors (Lipinski definition) is 5. The van der Waals surface area contributed by atoms with Crippen molar-refractivity contribution in [3.8, 4) is 16.9 Å². The molecule has 1 aliphatic rings. The number of halogens is 1. The molecule has 174 valence electrons. The second-order valence-electron chi connectivity index (χ2n) is 8.84. The normalized spacial score (nSPS) is 15.8. The SMILES string of the molecule is C=CSNc1cccc(-c2c(Cl)cc(C(N)=O)c3[nH]c4c(c23)CCC(C(C)(C)O)C4)c1OC. The fourth-order valence-electron chi connectivity index (χ4n) is 4.78. The lowest BCUT2D eigenvalue weighted by Gasteiger charge is -2.32. The van der Waals surface area contributed by atoms with Gasteiger partial charge in [0.25, 0.3) is 5.91 Å². The molecule has 2 aromatic carbocycles. The van der Waals surface area contributed by atoms with Crippen LogP contribution in [-0.4, -0.2) is 28.7 Å². The molecular formula is C25H28ClN3O3S. The Morgan fingerprint density at radius 3 is 2.85 bits per heavy atom. The topological polar surface area (TPSA) is 100 Å². The number of aliphatic hydroxyl groups is 1. The first kappa shape index (κ1) is 23.5. The van der Waals surface area contributed by atoms with E-state index in [9.17, 15) is 9.90 Å². The van der Waals surface area contributed by atoms with Gasteiger partial charge in [-0.3, -0.25) is 4.79 Å². The van der Waals surface area contributed by atoms with Crippen molar-refractivity contribution in [2.45, 2.75) is 38.7 Å². The Bertz CT molecular complexity index is 1250. The maximum atomic E-state index is 12.3. The Hall–Kier alpha value is -2.61. The molecule has 6 nitrogen and oxygen atoms in total. The Morgan fingerprint density at radius 1 is 1.45 bits per heavy atom. The quantitative estimate of drug-likeness (QED) is 0.323. The highest BCUT2D eigenvalue weighted by Gasteiger charge is 2.34. The highest BCUT2D eigenvalue weighted by Crippen LogP contribution is 2.48. The lowest BCUT2D eigenvalue weighted by molar-refractivity contribution is 0.0107. The van der Waals surface area contributed by atoms with Crippen molar-refractivity contribution in [2.24, 2.45) is 11.7 Å². The highest BCUT2D eigenvalue weighted by molar-refractivity contribution is 8.03. The number of aryl methyl sites for hydroxylation is 1. The van der Waals surface area contributed by atoms with Crippen LogP contribution in [0.3, 0.4) is 0 Å². The van der Waals surface area contributed by atoms with E-state index in [2.05, 4.69) is 16.3 Å². The summed E-state index contributed by atoms with van der Waals surface area (Å²) in [6.07, 6.45) is 2.26. The average Bonchev–Trinajstić information content (AvgIpc) is 3.14. The third-order valence-electron chi connectivity index (χ3n) is 6.42. The summed E-state index contributed by atoms with van der Waals surface area (Å²) in [5.41, 5.74) is 10.4. The van der Waals surface area contributed by atoms with Gasteiger partial charge in [-0.25, -0.2) is 0 Å². The number of para-hydroxylation sites is 1. The zero-order valence-electron chi connectivity index (χ0n) is 18.9. The van der Waals surface area contributed by atoms with Crippen LogP contribution in [0.5, 0.6) is 5.75 Å². The fourth-order valence-corrected chi connectivity index (χ4v) is 5.45. The summed E-state index contributed by atoms with van der Waals surface area (Å²) in [7, 11) is 1.62. The number of nitrogens with two attached hydrogens (primary N) is 1. The Balaban J connectivity index is 2.01. The number of carbonyl (C=O) groups excluding carboxylic acids is 1. The van der Waals surface area contributed by atoms with Gasteiger partial charge >= 0.3 is 0 Å². The van der Waals surface area contributed by atoms with Gasteiger partial charge in [0.05, 0.1) is 34.5 Å². The molecule has 1 amide bonds. The highest BCUT2D eigenvalue weighted by atomic mass is 35.5. The number of hydrogen-bond donors (Lipinski definition) is 4. The van der Waals surface area contributed by atoms with Crippen molar-refractivity contribution in [3.05, 3.63) is 58.1 Å². The van der Waals surface area contributed by atoms with Crippen LogP contribution in [0.25, 0.3) is 22.0 Å². The van der Waals surface area contributed by atoms with Gasteiger partial charge in [-0.2, -0.15) is 0 Å². The van der Waals surface area contributed by atoms with Gasteiger partial charge in [0.1, 0.15) is 0 Å². The largest absolute Gasteiger partial charge is 0.494 e.